The third-order valence-corrected chi connectivity index (χ3v) is 3.37. The molecule has 2 rings (SSSR count). The highest BCUT2D eigenvalue weighted by atomic mass is 19.1. The van der Waals surface area contributed by atoms with Crippen molar-refractivity contribution in [1.82, 2.24) is 4.90 Å². The maximum atomic E-state index is 13.3. The fourth-order valence-corrected chi connectivity index (χ4v) is 2.33. The standard InChI is InChI=1S/C13H19FN2O2/c1-17-12-7-16(8-13(12)18-2)6-9-3-4-11(15)10(14)5-9/h3-5,12-13H,6-8,15H2,1-2H3. The van der Waals surface area contributed by atoms with Gasteiger partial charge >= 0.3 is 0 Å². The lowest BCUT2D eigenvalue weighted by Gasteiger charge is -2.15. The Hall–Kier alpha value is -1.17. The van der Waals surface area contributed by atoms with E-state index < -0.39 is 0 Å². The van der Waals surface area contributed by atoms with Gasteiger partial charge in [-0.1, -0.05) is 6.07 Å². The van der Waals surface area contributed by atoms with Crippen molar-refractivity contribution in [3.05, 3.63) is 29.6 Å². The Kier molecular flexibility index (Phi) is 4.16. The Labute approximate surface area is 106 Å². The van der Waals surface area contributed by atoms with E-state index in [1.807, 2.05) is 6.07 Å². The first-order valence-corrected chi connectivity index (χ1v) is 5.96. The molecule has 4 nitrogen and oxygen atoms in total. The van der Waals surface area contributed by atoms with Gasteiger partial charge in [0.15, 0.2) is 0 Å². The molecule has 0 radical (unpaired) electrons. The molecule has 18 heavy (non-hydrogen) atoms. The van der Waals surface area contributed by atoms with Crippen LogP contribution in [-0.2, 0) is 16.0 Å². The molecule has 0 spiro atoms. The summed E-state index contributed by atoms with van der Waals surface area (Å²) in [5.41, 5.74) is 6.55. The molecule has 0 saturated carbocycles. The number of halogens is 1. The predicted octanol–water partition coefficient (Wildman–Crippen LogP) is 1.25. The summed E-state index contributed by atoms with van der Waals surface area (Å²) in [7, 11) is 3.37. The molecule has 1 saturated heterocycles. The van der Waals surface area contributed by atoms with Gasteiger partial charge in [0.1, 0.15) is 5.82 Å². The van der Waals surface area contributed by atoms with Crippen molar-refractivity contribution in [1.29, 1.82) is 0 Å². The van der Waals surface area contributed by atoms with Gasteiger partial charge < -0.3 is 15.2 Å². The van der Waals surface area contributed by atoms with Crippen LogP contribution in [0.5, 0.6) is 0 Å². The number of anilines is 1. The van der Waals surface area contributed by atoms with E-state index in [1.165, 1.54) is 6.07 Å². The predicted molar refractivity (Wildman–Crippen MR) is 67.7 cm³/mol. The van der Waals surface area contributed by atoms with E-state index in [-0.39, 0.29) is 23.7 Å². The second-order valence-corrected chi connectivity index (χ2v) is 4.60. The summed E-state index contributed by atoms with van der Waals surface area (Å²) in [5.74, 6) is -0.363. The molecule has 1 aromatic carbocycles. The Morgan fingerprint density at radius 1 is 1.28 bits per heavy atom. The van der Waals surface area contributed by atoms with Crippen molar-refractivity contribution in [2.45, 2.75) is 18.8 Å². The highest BCUT2D eigenvalue weighted by molar-refractivity contribution is 5.41. The Bertz CT molecular complexity index is 402. The molecule has 1 aromatic rings. The van der Waals surface area contributed by atoms with Crippen molar-refractivity contribution in [3.63, 3.8) is 0 Å². The summed E-state index contributed by atoms with van der Waals surface area (Å²) in [6.07, 6.45) is 0.155. The van der Waals surface area contributed by atoms with Gasteiger partial charge in [-0.05, 0) is 17.7 Å². The zero-order valence-corrected chi connectivity index (χ0v) is 10.7. The fraction of sp³-hybridized carbons (Fsp3) is 0.538. The summed E-state index contributed by atoms with van der Waals surface area (Å²) in [6.45, 7) is 2.26. The smallest absolute Gasteiger partial charge is 0.146 e. The van der Waals surface area contributed by atoms with Gasteiger partial charge in [0.25, 0.3) is 0 Å². The number of hydrogen-bond donors (Lipinski definition) is 1. The first kappa shape index (κ1) is 13.3. The lowest BCUT2D eigenvalue weighted by atomic mass is 10.2. The lowest BCUT2D eigenvalue weighted by Crippen LogP contribution is -2.27. The van der Waals surface area contributed by atoms with E-state index in [0.29, 0.717) is 6.54 Å². The number of ether oxygens (including phenoxy) is 2. The molecule has 1 aliphatic rings. The summed E-state index contributed by atoms with van der Waals surface area (Å²) >= 11 is 0. The minimum absolute atomic E-state index is 0.0774. The van der Waals surface area contributed by atoms with E-state index in [2.05, 4.69) is 4.90 Å². The van der Waals surface area contributed by atoms with Crippen LogP contribution in [0.4, 0.5) is 10.1 Å². The number of nitrogens with zero attached hydrogens (tertiary/aromatic N) is 1. The van der Waals surface area contributed by atoms with Gasteiger partial charge in [-0.2, -0.15) is 0 Å². The van der Waals surface area contributed by atoms with Crippen molar-refractivity contribution in [2.24, 2.45) is 0 Å². The highest BCUT2D eigenvalue weighted by Crippen LogP contribution is 2.19. The summed E-state index contributed by atoms with van der Waals surface area (Å²) in [4.78, 5) is 2.19. The van der Waals surface area contributed by atoms with E-state index in [4.69, 9.17) is 15.2 Å². The van der Waals surface area contributed by atoms with Crippen molar-refractivity contribution in [2.75, 3.05) is 33.0 Å². The molecule has 0 amide bonds. The molecule has 100 valence electrons. The van der Waals surface area contributed by atoms with Crippen molar-refractivity contribution in [3.8, 4) is 0 Å². The average Bonchev–Trinajstić information content (AvgIpc) is 2.76. The number of nitrogens with two attached hydrogens (primary N) is 1. The Morgan fingerprint density at radius 2 is 1.89 bits per heavy atom. The highest BCUT2D eigenvalue weighted by Gasteiger charge is 2.32. The molecule has 2 unspecified atom stereocenters. The van der Waals surface area contributed by atoms with Crippen LogP contribution in [0.15, 0.2) is 18.2 Å². The second kappa shape index (κ2) is 5.65. The largest absolute Gasteiger partial charge is 0.396 e. The van der Waals surface area contributed by atoms with Crippen LogP contribution in [0.3, 0.4) is 0 Å². The molecule has 2 N–H and O–H groups in total. The van der Waals surface area contributed by atoms with Gasteiger partial charge in [-0.25, -0.2) is 4.39 Å². The molecule has 2 atom stereocenters. The van der Waals surface area contributed by atoms with Crippen LogP contribution in [0.25, 0.3) is 0 Å². The third kappa shape index (κ3) is 2.80. The van der Waals surface area contributed by atoms with Gasteiger partial charge in [-0.15, -0.1) is 0 Å². The molecule has 1 heterocycles. The molecule has 5 heteroatoms. The third-order valence-electron chi connectivity index (χ3n) is 3.37. The van der Waals surface area contributed by atoms with E-state index in [9.17, 15) is 4.39 Å². The van der Waals surface area contributed by atoms with Gasteiger partial charge in [0.05, 0.1) is 17.9 Å². The molecular formula is C13H19FN2O2. The number of methoxy groups -OCH3 is 2. The van der Waals surface area contributed by atoms with Crippen LogP contribution in [-0.4, -0.2) is 44.4 Å². The monoisotopic (exact) mass is 254 g/mol. The van der Waals surface area contributed by atoms with E-state index >= 15 is 0 Å². The maximum Gasteiger partial charge on any atom is 0.146 e. The minimum Gasteiger partial charge on any atom is -0.396 e. The number of benzene rings is 1. The first-order chi connectivity index (χ1) is 8.63. The van der Waals surface area contributed by atoms with Gasteiger partial charge in [0, 0.05) is 33.9 Å². The summed E-state index contributed by atoms with van der Waals surface area (Å²) in [5, 5.41) is 0. The van der Waals surface area contributed by atoms with Crippen LogP contribution in [0.2, 0.25) is 0 Å². The average molecular weight is 254 g/mol. The summed E-state index contributed by atoms with van der Waals surface area (Å²) < 4.78 is 24.1. The van der Waals surface area contributed by atoms with Crippen LogP contribution in [0, 0.1) is 5.82 Å². The van der Waals surface area contributed by atoms with E-state index in [0.717, 1.165) is 18.7 Å². The maximum absolute atomic E-state index is 13.3. The SMILES string of the molecule is COC1CN(Cc2ccc(N)c(F)c2)CC1OC. The number of likely N-dealkylation sites (tertiary alicyclic amines) is 1. The molecule has 0 bridgehead atoms. The zero-order chi connectivity index (χ0) is 13.1. The van der Waals surface area contributed by atoms with Crippen molar-refractivity contribution < 1.29 is 13.9 Å². The van der Waals surface area contributed by atoms with Crippen LogP contribution >= 0.6 is 0 Å². The number of nitrogen functional groups attached to an aromatic ring is 1. The van der Waals surface area contributed by atoms with Crippen LogP contribution < -0.4 is 5.73 Å². The molecule has 1 aliphatic heterocycles. The first-order valence-electron chi connectivity index (χ1n) is 5.96. The topological polar surface area (TPSA) is 47.7 Å². The van der Waals surface area contributed by atoms with Gasteiger partial charge in [0.2, 0.25) is 0 Å². The fourth-order valence-electron chi connectivity index (χ4n) is 2.33. The molecule has 0 aliphatic carbocycles. The molecule has 1 fully saturated rings. The lowest BCUT2D eigenvalue weighted by molar-refractivity contribution is -0.00461. The normalized spacial score (nSPS) is 24.6. The van der Waals surface area contributed by atoms with Crippen LogP contribution in [0.1, 0.15) is 5.56 Å². The number of hydrogen-bond acceptors (Lipinski definition) is 4. The Balaban J connectivity index is 2.00. The second-order valence-electron chi connectivity index (χ2n) is 4.60. The van der Waals surface area contributed by atoms with E-state index in [1.54, 1.807) is 20.3 Å². The van der Waals surface area contributed by atoms with Crippen molar-refractivity contribution >= 4 is 5.69 Å². The molecule has 0 aromatic heterocycles. The number of rotatable bonds is 4. The minimum atomic E-state index is -0.363. The van der Waals surface area contributed by atoms with Gasteiger partial charge in [-0.3, -0.25) is 4.90 Å². The quantitative estimate of drug-likeness (QED) is 0.822. The summed E-state index contributed by atoms with van der Waals surface area (Å²) in [6, 6.07) is 4.93. The zero-order valence-electron chi connectivity index (χ0n) is 10.7. The molecular weight excluding hydrogens is 235 g/mol. The Morgan fingerprint density at radius 3 is 2.39 bits per heavy atom.